The molecule has 0 aliphatic heterocycles. The van der Waals surface area contributed by atoms with Crippen molar-refractivity contribution < 1.29 is 4.79 Å². The first-order chi connectivity index (χ1) is 9.61. The molecule has 20 heavy (non-hydrogen) atoms. The van der Waals surface area contributed by atoms with Gasteiger partial charge in [-0.1, -0.05) is 6.07 Å². The molecule has 1 aromatic heterocycles. The van der Waals surface area contributed by atoms with E-state index in [1.807, 2.05) is 32.0 Å². The van der Waals surface area contributed by atoms with E-state index in [2.05, 4.69) is 20.5 Å². The Morgan fingerprint density at radius 3 is 2.90 bits per heavy atom. The van der Waals surface area contributed by atoms with Gasteiger partial charge in [-0.3, -0.25) is 9.89 Å². The molecule has 6 nitrogen and oxygen atoms in total. The quantitative estimate of drug-likeness (QED) is 0.871. The van der Waals surface area contributed by atoms with Gasteiger partial charge in [0.1, 0.15) is 12.2 Å². The van der Waals surface area contributed by atoms with Gasteiger partial charge >= 0.3 is 0 Å². The highest BCUT2D eigenvalue weighted by Crippen LogP contribution is 2.19. The third kappa shape index (κ3) is 3.14. The maximum absolute atomic E-state index is 12.5. The minimum Gasteiger partial charge on any atom is -0.385 e. The zero-order valence-corrected chi connectivity index (χ0v) is 12.0. The SMILES string of the molecule is CCNc1cc(C)ccc1C(=O)N(C)Cc1ncn[nH]1. The third-order valence-electron chi connectivity index (χ3n) is 2.97. The minimum atomic E-state index is -0.0441. The Kier molecular flexibility index (Phi) is 4.34. The first kappa shape index (κ1) is 14.0. The summed E-state index contributed by atoms with van der Waals surface area (Å²) in [5.41, 5.74) is 2.65. The lowest BCUT2D eigenvalue weighted by Crippen LogP contribution is -2.27. The maximum Gasteiger partial charge on any atom is 0.256 e. The topological polar surface area (TPSA) is 73.9 Å². The van der Waals surface area contributed by atoms with Crippen LogP contribution in [-0.4, -0.2) is 39.6 Å². The van der Waals surface area contributed by atoms with Crippen LogP contribution in [0.2, 0.25) is 0 Å². The molecule has 0 saturated heterocycles. The molecular weight excluding hydrogens is 254 g/mol. The molecule has 0 aliphatic rings. The van der Waals surface area contributed by atoms with Gasteiger partial charge in [0, 0.05) is 19.3 Å². The molecule has 0 radical (unpaired) electrons. The molecule has 1 amide bonds. The zero-order chi connectivity index (χ0) is 14.5. The number of hydrogen-bond donors (Lipinski definition) is 2. The fraction of sp³-hybridized carbons (Fsp3) is 0.357. The fourth-order valence-corrected chi connectivity index (χ4v) is 1.99. The van der Waals surface area contributed by atoms with Crippen LogP contribution in [0.1, 0.15) is 28.7 Å². The second-order valence-electron chi connectivity index (χ2n) is 4.67. The van der Waals surface area contributed by atoms with Crippen molar-refractivity contribution in [3.05, 3.63) is 41.5 Å². The van der Waals surface area contributed by atoms with Gasteiger partial charge in [0.15, 0.2) is 0 Å². The van der Waals surface area contributed by atoms with E-state index in [1.54, 1.807) is 11.9 Å². The summed E-state index contributed by atoms with van der Waals surface area (Å²) in [5.74, 6) is 0.621. The van der Waals surface area contributed by atoms with E-state index >= 15 is 0 Å². The molecule has 2 rings (SSSR count). The highest BCUT2D eigenvalue weighted by molar-refractivity contribution is 5.99. The Labute approximate surface area is 118 Å². The normalized spacial score (nSPS) is 10.3. The number of rotatable bonds is 5. The Morgan fingerprint density at radius 1 is 1.45 bits per heavy atom. The molecule has 0 atom stereocenters. The van der Waals surface area contributed by atoms with Crippen molar-refractivity contribution in [2.75, 3.05) is 18.9 Å². The van der Waals surface area contributed by atoms with Crippen LogP contribution in [0, 0.1) is 6.92 Å². The van der Waals surface area contributed by atoms with Crippen LogP contribution in [0.3, 0.4) is 0 Å². The number of aryl methyl sites for hydroxylation is 1. The Hall–Kier alpha value is -2.37. The van der Waals surface area contributed by atoms with Gasteiger partial charge < -0.3 is 10.2 Å². The molecule has 1 aromatic carbocycles. The van der Waals surface area contributed by atoms with Crippen molar-refractivity contribution in [2.24, 2.45) is 0 Å². The molecule has 6 heteroatoms. The van der Waals surface area contributed by atoms with Gasteiger partial charge in [-0.15, -0.1) is 0 Å². The van der Waals surface area contributed by atoms with Gasteiger partial charge in [0.25, 0.3) is 5.91 Å². The van der Waals surface area contributed by atoms with Crippen molar-refractivity contribution in [1.82, 2.24) is 20.1 Å². The van der Waals surface area contributed by atoms with Gasteiger partial charge in [0.2, 0.25) is 0 Å². The van der Waals surface area contributed by atoms with E-state index < -0.39 is 0 Å². The number of hydrogen-bond acceptors (Lipinski definition) is 4. The second kappa shape index (κ2) is 6.18. The molecule has 2 N–H and O–H groups in total. The first-order valence-corrected chi connectivity index (χ1v) is 6.56. The average Bonchev–Trinajstić information content (AvgIpc) is 2.91. The van der Waals surface area contributed by atoms with Crippen LogP contribution in [0.15, 0.2) is 24.5 Å². The second-order valence-corrected chi connectivity index (χ2v) is 4.67. The van der Waals surface area contributed by atoms with Crippen molar-refractivity contribution in [1.29, 1.82) is 0 Å². The van der Waals surface area contributed by atoms with Crippen molar-refractivity contribution in [2.45, 2.75) is 20.4 Å². The molecule has 0 bridgehead atoms. The van der Waals surface area contributed by atoms with Crippen LogP contribution in [0.5, 0.6) is 0 Å². The zero-order valence-electron chi connectivity index (χ0n) is 12.0. The predicted molar refractivity (Wildman–Crippen MR) is 77.5 cm³/mol. The number of aromatic nitrogens is 3. The monoisotopic (exact) mass is 273 g/mol. The highest BCUT2D eigenvalue weighted by Gasteiger charge is 2.16. The summed E-state index contributed by atoms with van der Waals surface area (Å²) >= 11 is 0. The lowest BCUT2D eigenvalue weighted by Gasteiger charge is -2.18. The summed E-state index contributed by atoms with van der Waals surface area (Å²) in [7, 11) is 1.75. The van der Waals surface area contributed by atoms with Crippen LogP contribution in [-0.2, 0) is 6.54 Å². The van der Waals surface area contributed by atoms with E-state index in [0.29, 0.717) is 17.9 Å². The minimum absolute atomic E-state index is 0.0441. The Balaban J connectivity index is 2.19. The highest BCUT2D eigenvalue weighted by atomic mass is 16.2. The Bertz CT molecular complexity index is 579. The molecule has 0 aliphatic carbocycles. The molecular formula is C14H19N5O. The Morgan fingerprint density at radius 2 is 2.25 bits per heavy atom. The summed E-state index contributed by atoms with van der Waals surface area (Å²) in [6.45, 7) is 5.19. The standard InChI is InChI=1S/C14H19N5O/c1-4-15-12-7-10(2)5-6-11(12)14(20)19(3)8-13-16-9-17-18-13/h5-7,9,15H,4,8H2,1-3H3,(H,16,17,18). The number of aromatic amines is 1. The van der Waals surface area contributed by atoms with Crippen LogP contribution in [0.25, 0.3) is 0 Å². The summed E-state index contributed by atoms with van der Waals surface area (Å²) in [6, 6.07) is 5.78. The number of carbonyl (C=O) groups is 1. The molecule has 106 valence electrons. The number of nitrogens with one attached hydrogen (secondary N) is 2. The predicted octanol–water partition coefficient (Wildman–Crippen LogP) is 1.82. The number of carbonyl (C=O) groups excluding carboxylic acids is 1. The summed E-state index contributed by atoms with van der Waals surface area (Å²) < 4.78 is 0. The summed E-state index contributed by atoms with van der Waals surface area (Å²) in [6.07, 6.45) is 1.43. The van der Waals surface area contributed by atoms with Crippen molar-refractivity contribution in [3.63, 3.8) is 0 Å². The molecule has 0 fully saturated rings. The molecule has 0 spiro atoms. The van der Waals surface area contributed by atoms with E-state index in [1.165, 1.54) is 6.33 Å². The largest absolute Gasteiger partial charge is 0.385 e. The molecule has 2 aromatic rings. The fourth-order valence-electron chi connectivity index (χ4n) is 1.99. The van der Waals surface area contributed by atoms with Gasteiger partial charge in [0.05, 0.1) is 12.1 Å². The molecule has 1 heterocycles. The summed E-state index contributed by atoms with van der Waals surface area (Å²) in [4.78, 5) is 18.1. The molecule has 0 unspecified atom stereocenters. The van der Waals surface area contributed by atoms with Crippen molar-refractivity contribution in [3.8, 4) is 0 Å². The lowest BCUT2D eigenvalue weighted by atomic mass is 10.1. The molecule has 0 saturated carbocycles. The van der Waals surface area contributed by atoms with E-state index in [0.717, 1.165) is 17.8 Å². The number of anilines is 1. The van der Waals surface area contributed by atoms with E-state index in [-0.39, 0.29) is 5.91 Å². The lowest BCUT2D eigenvalue weighted by molar-refractivity contribution is 0.0782. The summed E-state index contributed by atoms with van der Waals surface area (Å²) in [5, 5.41) is 9.76. The van der Waals surface area contributed by atoms with Crippen molar-refractivity contribution >= 4 is 11.6 Å². The average molecular weight is 273 g/mol. The van der Waals surface area contributed by atoms with Crippen LogP contribution < -0.4 is 5.32 Å². The number of benzene rings is 1. The van der Waals surface area contributed by atoms with Crippen LogP contribution in [0.4, 0.5) is 5.69 Å². The smallest absolute Gasteiger partial charge is 0.256 e. The first-order valence-electron chi connectivity index (χ1n) is 6.56. The van der Waals surface area contributed by atoms with E-state index in [9.17, 15) is 4.79 Å². The number of H-pyrrole nitrogens is 1. The maximum atomic E-state index is 12.5. The number of nitrogens with zero attached hydrogens (tertiary/aromatic N) is 3. The van der Waals surface area contributed by atoms with Crippen LogP contribution >= 0.6 is 0 Å². The number of amides is 1. The van der Waals surface area contributed by atoms with Gasteiger partial charge in [-0.2, -0.15) is 5.10 Å². The van der Waals surface area contributed by atoms with Gasteiger partial charge in [-0.05, 0) is 31.5 Å². The third-order valence-corrected chi connectivity index (χ3v) is 2.97. The van der Waals surface area contributed by atoms with Gasteiger partial charge in [-0.25, -0.2) is 4.98 Å². The van der Waals surface area contributed by atoms with E-state index in [4.69, 9.17) is 0 Å².